The standard InChI is InChI=1S/C15H18N4O3/c1-21-11-5-2-4-10(8-11)15-17-13(22-18-15)9-19-7-3-6-12(19)14(16)20/h2,4-5,8,12H,3,6-7,9H2,1H3,(H2,16,20)/t12-/m0/s1. The molecule has 7 nitrogen and oxygen atoms in total. The smallest absolute Gasteiger partial charge is 0.241 e. The molecule has 22 heavy (non-hydrogen) atoms. The van der Waals surface area contributed by atoms with Gasteiger partial charge in [-0.2, -0.15) is 4.98 Å². The summed E-state index contributed by atoms with van der Waals surface area (Å²) in [6.07, 6.45) is 1.73. The highest BCUT2D eigenvalue weighted by molar-refractivity contribution is 5.80. The Morgan fingerprint density at radius 2 is 2.41 bits per heavy atom. The van der Waals surface area contributed by atoms with E-state index in [2.05, 4.69) is 10.1 Å². The number of aromatic nitrogens is 2. The summed E-state index contributed by atoms with van der Waals surface area (Å²) in [5, 5.41) is 3.99. The number of hydrogen-bond acceptors (Lipinski definition) is 6. The van der Waals surface area contributed by atoms with Gasteiger partial charge in [0, 0.05) is 5.56 Å². The molecule has 0 radical (unpaired) electrons. The van der Waals surface area contributed by atoms with Crippen LogP contribution >= 0.6 is 0 Å². The zero-order chi connectivity index (χ0) is 15.5. The number of ether oxygens (including phenoxy) is 1. The first-order valence-corrected chi connectivity index (χ1v) is 7.18. The number of primary amides is 1. The van der Waals surface area contributed by atoms with Gasteiger partial charge in [0.25, 0.3) is 0 Å². The Bertz CT molecular complexity index is 670. The molecular weight excluding hydrogens is 284 g/mol. The van der Waals surface area contributed by atoms with Crippen LogP contribution in [-0.4, -0.2) is 40.6 Å². The third kappa shape index (κ3) is 2.94. The summed E-state index contributed by atoms with van der Waals surface area (Å²) >= 11 is 0. The number of nitrogens with two attached hydrogens (primary N) is 1. The van der Waals surface area contributed by atoms with Crippen LogP contribution in [0.5, 0.6) is 5.75 Å². The van der Waals surface area contributed by atoms with Crippen molar-refractivity contribution in [2.45, 2.75) is 25.4 Å². The van der Waals surface area contributed by atoms with Gasteiger partial charge in [0.15, 0.2) is 0 Å². The predicted octanol–water partition coefficient (Wildman–Crippen LogP) is 1.19. The number of benzene rings is 1. The highest BCUT2D eigenvalue weighted by Gasteiger charge is 2.30. The van der Waals surface area contributed by atoms with E-state index in [9.17, 15) is 4.79 Å². The molecule has 3 rings (SSSR count). The molecule has 2 heterocycles. The molecule has 0 unspecified atom stereocenters. The molecule has 1 atom stereocenters. The monoisotopic (exact) mass is 302 g/mol. The quantitative estimate of drug-likeness (QED) is 0.891. The van der Waals surface area contributed by atoms with E-state index in [1.165, 1.54) is 0 Å². The molecule has 2 aromatic rings. The van der Waals surface area contributed by atoms with E-state index in [0.29, 0.717) is 18.3 Å². The summed E-state index contributed by atoms with van der Waals surface area (Å²) < 4.78 is 10.5. The van der Waals surface area contributed by atoms with E-state index in [0.717, 1.165) is 30.7 Å². The van der Waals surface area contributed by atoms with Crippen molar-refractivity contribution in [2.24, 2.45) is 5.73 Å². The van der Waals surface area contributed by atoms with Gasteiger partial charge in [0.05, 0.1) is 19.7 Å². The molecule has 0 bridgehead atoms. The van der Waals surface area contributed by atoms with Gasteiger partial charge in [-0.15, -0.1) is 0 Å². The second kappa shape index (κ2) is 6.15. The van der Waals surface area contributed by atoms with Gasteiger partial charge in [0.2, 0.25) is 17.6 Å². The van der Waals surface area contributed by atoms with Crippen LogP contribution in [0, 0.1) is 0 Å². The van der Waals surface area contributed by atoms with Crippen molar-refractivity contribution in [2.75, 3.05) is 13.7 Å². The molecule has 1 aliphatic heterocycles. The maximum atomic E-state index is 11.4. The maximum absolute atomic E-state index is 11.4. The second-order valence-corrected chi connectivity index (χ2v) is 5.27. The first kappa shape index (κ1) is 14.5. The van der Waals surface area contributed by atoms with E-state index in [1.807, 2.05) is 29.2 Å². The summed E-state index contributed by atoms with van der Waals surface area (Å²) in [4.78, 5) is 17.8. The van der Waals surface area contributed by atoms with Crippen LogP contribution in [0.25, 0.3) is 11.4 Å². The summed E-state index contributed by atoms with van der Waals surface area (Å²) in [7, 11) is 1.61. The molecule has 0 saturated carbocycles. The number of rotatable bonds is 5. The Morgan fingerprint density at radius 1 is 1.55 bits per heavy atom. The first-order chi connectivity index (χ1) is 10.7. The summed E-state index contributed by atoms with van der Waals surface area (Å²) in [6.45, 7) is 1.25. The van der Waals surface area contributed by atoms with Crippen molar-refractivity contribution in [1.29, 1.82) is 0 Å². The zero-order valence-electron chi connectivity index (χ0n) is 12.4. The zero-order valence-corrected chi connectivity index (χ0v) is 12.4. The lowest BCUT2D eigenvalue weighted by atomic mass is 10.2. The normalized spacial score (nSPS) is 18.5. The fourth-order valence-electron chi connectivity index (χ4n) is 2.71. The van der Waals surface area contributed by atoms with Crippen LogP contribution < -0.4 is 10.5 Å². The van der Waals surface area contributed by atoms with E-state index >= 15 is 0 Å². The lowest BCUT2D eigenvalue weighted by Gasteiger charge is -2.19. The largest absolute Gasteiger partial charge is 0.497 e. The van der Waals surface area contributed by atoms with E-state index in [4.69, 9.17) is 15.0 Å². The van der Waals surface area contributed by atoms with Gasteiger partial charge in [-0.05, 0) is 31.5 Å². The number of methoxy groups -OCH3 is 1. The second-order valence-electron chi connectivity index (χ2n) is 5.27. The minimum absolute atomic E-state index is 0.243. The van der Waals surface area contributed by atoms with Crippen molar-refractivity contribution >= 4 is 5.91 Å². The van der Waals surface area contributed by atoms with Crippen LogP contribution in [0.1, 0.15) is 18.7 Å². The molecule has 116 valence electrons. The van der Waals surface area contributed by atoms with Crippen LogP contribution in [0.15, 0.2) is 28.8 Å². The fraction of sp³-hybridized carbons (Fsp3) is 0.400. The Morgan fingerprint density at radius 3 is 3.18 bits per heavy atom. The van der Waals surface area contributed by atoms with Crippen molar-refractivity contribution in [3.63, 3.8) is 0 Å². The molecule has 2 N–H and O–H groups in total. The molecule has 1 saturated heterocycles. The SMILES string of the molecule is COc1cccc(-c2noc(CN3CCC[C@H]3C(N)=O)n2)c1. The predicted molar refractivity (Wildman–Crippen MR) is 78.9 cm³/mol. The average Bonchev–Trinajstić information content (AvgIpc) is 3.17. The minimum Gasteiger partial charge on any atom is -0.497 e. The number of likely N-dealkylation sites (tertiary alicyclic amines) is 1. The van der Waals surface area contributed by atoms with Gasteiger partial charge >= 0.3 is 0 Å². The van der Waals surface area contributed by atoms with Crippen molar-refractivity contribution in [3.8, 4) is 17.1 Å². The molecule has 1 fully saturated rings. The van der Waals surface area contributed by atoms with Crippen LogP contribution in [0.4, 0.5) is 0 Å². The molecule has 0 aliphatic carbocycles. The van der Waals surface area contributed by atoms with Crippen LogP contribution in [0.3, 0.4) is 0 Å². The molecule has 1 aromatic carbocycles. The molecule has 0 spiro atoms. The van der Waals surface area contributed by atoms with Crippen molar-refractivity contribution in [3.05, 3.63) is 30.2 Å². The molecular formula is C15H18N4O3. The van der Waals surface area contributed by atoms with Crippen LogP contribution in [0.2, 0.25) is 0 Å². The van der Waals surface area contributed by atoms with Crippen LogP contribution in [-0.2, 0) is 11.3 Å². The Kier molecular flexibility index (Phi) is 4.06. The topological polar surface area (TPSA) is 94.5 Å². The van der Waals surface area contributed by atoms with Crippen molar-refractivity contribution < 1.29 is 14.1 Å². The Balaban J connectivity index is 1.75. The third-order valence-electron chi connectivity index (χ3n) is 3.83. The molecule has 1 aromatic heterocycles. The lowest BCUT2D eigenvalue weighted by molar-refractivity contribution is -0.122. The van der Waals surface area contributed by atoms with Crippen molar-refractivity contribution in [1.82, 2.24) is 15.0 Å². The minimum atomic E-state index is -0.301. The van der Waals surface area contributed by atoms with Gasteiger partial charge in [-0.25, -0.2) is 0 Å². The number of carbonyl (C=O) groups is 1. The van der Waals surface area contributed by atoms with E-state index in [-0.39, 0.29) is 11.9 Å². The fourth-order valence-corrected chi connectivity index (χ4v) is 2.71. The third-order valence-corrected chi connectivity index (χ3v) is 3.83. The Hall–Kier alpha value is -2.41. The van der Waals surface area contributed by atoms with Gasteiger partial charge < -0.3 is 15.0 Å². The van der Waals surface area contributed by atoms with Gasteiger partial charge in [-0.3, -0.25) is 9.69 Å². The molecule has 1 amide bonds. The highest BCUT2D eigenvalue weighted by atomic mass is 16.5. The summed E-state index contributed by atoms with van der Waals surface area (Å²) in [6, 6.07) is 7.21. The first-order valence-electron chi connectivity index (χ1n) is 7.18. The number of nitrogens with zero attached hydrogens (tertiary/aromatic N) is 3. The van der Waals surface area contributed by atoms with Gasteiger partial charge in [0.1, 0.15) is 5.75 Å². The highest BCUT2D eigenvalue weighted by Crippen LogP contribution is 2.23. The average molecular weight is 302 g/mol. The van der Waals surface area contributed by atoms with E-state index < -0.39 is 0 Å². The maximum Gasteiger partial charge on any atom is 0.241 e. The Labute approximate surface area is 128 Å². The lowest BCUT2D eigenvalue weighted by Crippen LogP contribution is -2.39. The number of carbonyl (C=O) groups excluding carboxylic acids is 1. The summed E-state index contributed by atoms with van der Waals surface area (Å²) in [5.74, 6) is 1.41. The van der Waals surface area contributed by atoms with E-state index in [1.54, 1.807) is 7.11 Å². The molecule has 1 aliphatic rings. The van der Waals surface area contributed by atoms with Gasteiger partial charge in [-0.1, -0.05) is 17.3 Å². The number of amides is 1. The number of hydrogen-bond donors (Lipinski definition) is 1. The molecule has 7 heteroatoms. The summed E-state index contributed by atoms with van der Waals surface area (Å²) in [5.41, 5.74) is 6.23.